The van der Waals surface area contributed by atoms with Gasteiger partial charge in [-0.2, -0.15) is 0 Å². The van der Waals surface area contributed by atoms with Crippen LogP contribution in [0.25, 0.3) is 0 Å². The Balaban J connectivity index is 2.93. The molecule has 1 aromatic rings. The van der Waals surface area contributed by atoms with Crippen LogP contribution in [0.2, 0.25) is 0 Å². The van der Waals surface area contributed by atoms with E-state index in [1.54, 1.807) is 30.0 Å². The summed E-state index contributed by atoms with van der Waals surface area (Å²) < 4.78 is 6.11. The van der Waals surface area contributed by atoms with Gasteiger partial charge in [-0.05, 0) is 0 Å². The molecule has 2 nitrogen and oxygen atoms in total. The van der Waals surface area contributed by atoms with Crippen LogP contribution in [0.5, 0.6) is 5.75 Å². The SMILES string of the molecule is COCc1cc([AsH2])ccc1O. The third-order valence-electron chi connectivity index (χ3n) is 1.40. The number of ether oxygens (including phenoxy) is 1. The summed E-state index contributed by atoms with van der Waals surface area (Å²) in [6, 6.07) is 5.54. The van der Waals surface area contributed by atoms with Gasteiger partial charge in [0, 0.05) is 0 Å². The molecule has 0 spiro atoms. The number of hydrogen-bond acceptors (Lipinski definition) is 2. The fraction of sp³-hybridized carbons (Fsp3) is 0.250. The number of hydrogen-bond donors (Lipinski definition) is 1. The first kappa shape index (κ1) is 8.63. The van der Waals surface area contributed by atoms with Crippen LogP contribution in [0.3, 0.4) is 0 Å². The van der Waals surface area contributed by atoms with Crippen LogP contribution in [0.1, 0.15) is 5.56 Å². The van der Waals surface area contributed by atoms with Crippen molar-refractivity contribution in [1.29, 1.82) is 0 Å². The molecule has 0 fully saturated rings. The minimum absolute atomic E-state index is 0.313. The predicted molar refractivity (Wildman–Crippen MR) is 47.0 cm³/mol. The summed E-state index contributed by atoms with van der Waals surface area (Å²) in [5, 5.41) is 9.29. The zero-order chi connectivity index (χ0) is 8.27. The normalized spacial score (nSPS) is 10.0. The van der Waals surface area contributed by atoms with Crippen molar-refractivity contribution in [2.24, 2.45) is 0 Å². The van der Waals surface area contributed by atoms with E-state index in [1.165, 1.54) is 4.35 Å². The van der Waals surface area contributed by atoms with Gasteiger partial charge in [0.1, 0.15) is 0 Å². The summed E-state index contributed by atoms with van der Waals surface area (Å²) >= 11 is 1.55. The van der Waals surface area contributed by atoms with Crippen LogP contribution in [0.4, 0.5) is 0 Å². The Morgan fingerprint density at radius 2 is 2.27 bits per heavy atom. The summed E-state index contributed by atoms with van der Waals surface area (Å²) in [4.78, 5) is 0. The van der Waals surface area contributed by atoms with Crippen LogP contribution in [0, 0.1) is 0 Å². The number of phenols is 1. The molecule has 0 saturated heterocycles. The second kappa shape index (κ2) is 3.79. The van der Waals surface area contributed by atoms with Gasteiger partial charge in [-0.3, -0.25) is 0 Å². The molecule has 0 saturated carbocycles. The monoisotopic (exact) mass is 214 g/mol. The first-order chi connectivity index (χ1) is 5.24. The van der Waals surface area contributed by atoms with Crippen LogP contribution in [0.15, 0.2) is 18.2 Å². The number of benzene rings is 1. The number of methoxy groups -OCH3 is 1. The Bertz CT molecular complexity index is 248. The van der Waals surface area contributed by atoms with E-state index in [2.05, 4.69) is 0 Å². The van der Waals surface area contributed by atoms with Crippen LogP contribution >= 0.6 is 0 Å². The van der Waals surface area contributed by atoms with Gasteiger partial charge in [-0.1, -0.05) is 0 Å². The Kier molecular flexibility index (Phi) is 2.98. The fourth-order valence-corrected chi connectivity index (χ4v) is 1.50. The van der Waals surface area contributed by atoms with E-state index in [9.17, 15) is 5.11 Å². The standard InChI is InChI=1S/C8H11AsO2/c1-11-5-6-4-7(9)2-3-8(6)10/h2-4,10H,5,9H2,1H3. The quantitative estimate of drug-likeness (QED) is 0.690. The van der Waals surface area contributed by atoms with E-state index in [-0.39, 0.29) is 0 Å². The van der Waals surface area contributed by atoms with Gasteiger partial charge in [0.15, 0.2) is 0 Å². The van der Waals surface area contributed by atoms with E-state index < -0.39 is 0 Å². The second-order valence-electron chi connectivity index (χ2n) is 2.32. The molecule has 1 atom stereocenters. The molecule has 1 rings (SSSR count). The average molecular weight is 214 g/mol. The van der Waals surface area contributed by atoms with Crippen molar-refractivity contribution < 1.29 is 9.84 Å². The summed E-state index contributed by atoms with van der Waals surface area (Å²) in [6.07, 6.45) is 0. The van der Waals surface area contributed by atoms with Crippen molar-refractivity contribution in [3.8, 4) is 5.75 Å². The maximum absolute atomic E-state index is 9.29. The molecule has 0 radical (unpaired) electrons. The summed E-state index contributed by atoms with van der Waals surface area (Å²) in [5.41, 5.74) is 0.856. The molecule has 1 aromatic carbocycles. The average Bonchev–Trinajstić information content (AvgIpc) is 1.98. The van der Waals surface area contributed by atoms with Gasteiger partial charge in [0.2, 0.25) is 0 Å². The van der Waals surface area contributed by atoms with Gasteiger partial charge in [0.25, 0.3) is 0 Å². The van der Waals surface area contributed by atoms with Gasteiger partial charge in [0.05, 0.1) is 0 Å². The topological polar surface area (TPSA) is 29.5 Å². The molecule has 11 heavy (non-hydrogen) atoms. The van der Waals surface area contributed by atoms with Gasteiger partial charge in [-0.15, -0.1) is 0 Å². The van der Waals surface area contributed by atoms with Crippen molar-refractivity contribution in [2.45, 2.75) is 6.61 Å². The zero-order valence-corrected chi connectivity index (χ0v) is 8.79. The molecule has 0 bridgehead atoms. The van der Waals surface area contributed by atoms with Crippen molar-refractivity contribution >= 4 is 21.2 Å². The van der Waals surface area contributed by atoms with E-state index in [1.807, 2.05) is 12.1 Å². The van der Waals surface area contributed by atoms with Gasteiger partial charge in [-0.25, -0.2) is 0 Å². The molecular weight excluding hydrogens is 203 g/mol. The zero-order valence-electron chi connectivity index (χ0n) is 6.37. The number of rotatable bonds is 2. The molecule has 0 aromatic heterocycles. The molecule has 3 heteroatoms. The molecule has 0 amide bonds. The Morgan fingerprint density at radius 3 is 2.91 bits per heavy atom. The molecule has 0 heterocycles. The Hall–Kier alpha value is -0.462. The third-order valence-corrected chi connectivity index (χ3v) is 2.16. The van der Waals surface area contributed by atoms with Gasteiger partial charge < -0.3 is 0 Å². The van der Waals surface area contributed by atoms with E-state index >= 15 is 0 Å². The molecule has 0 aliphatic heterocycles. The van der Waals surface area contributed by atoms with Crippen LogP contribution in [-0.4, -0.2) is 29.1 Å². The Labute approximate surface area is 74.7 Å². The summed E-state index contributed by atoms with van der Waals surface area (Å²) in [7, 11) is 1.62. The van der Waals surface area contributed by atoms with E-state index in [0.717, 1.165) is 5.56 Å². The van der Waals surface area contributed by atoms with E-state index in [0.29, 0.717) is 12.4 Å². The fourth-order valence-electron chi connectivity index (χ4n) is 0.877. The first-order valence-corrected chi connectivity index (χ1v) is 4.51. The number of aromatic hydroxyl groups is 1. The molecule has 60 valence electrons. The van der Waals surface area contributed by atoms with Crippen LogP contribution < -0.4 is 4.35 Å². The summed E-state index contributed by atoms with van der Waals surface area (Å²) in [6.45, 7) is 0.476. The van der Waals surface area contributed by atoms with Gasteiger partial charge >= 0.3 is 74.3 Å². The summed E-state index contributed by atoms with van der Waals surface area (Å²) in [5.74, 6) is 0.313. The predicted octanol–water partition coefficient (Wildman–Crippen LogP) is -0.203. The Morgan fingerprint density at radius 1 is 1.55 bits per heavy atom. The molecule has 0 aliphatic carbocycles. The molecule has 1 N–H and O–H groups in total. The maximum atomic E-state index is 9.29. The molecule has 1 unspecified atom stereocenters. The second-order valence-corrected chi connectivity index (χ2v) is 3.72. The first-order valence-electron chi connectivity index (χ1n) is 3.30. The number of phenolic OH excluding ortho intramolecular Hbond substituents is 1. The van der Waals surface area contributed by atoms with Crippen molar-refractivity contribution in [2.75, 3.05) is 7.11 Å². The van der Waals surface area contributed by atoms with Crippen molar-refractivity contribution in [3.05, 3.63) is 23.8 Å². The molecule has 0 aliphatic rings. The molecular formula is C8H11AsO2. The minimum atomic E-state index is 0.313. The third kappa shape index (κ3) is 2.25. The van der Waals surface area contributed by atoms with E-state index in [4.69, 9.17) is 4.74 Å². The van der Waals surface area contributed by atoms with Crippen molar-refractivity contribution in [3.63, 3.8) is 0 Å². The van der Waals surface area contributed by atoms with Crippen molar-refractivity contribution in [1.82, 2.24) is 0 Å². The van der Waals surface area contributed by atoms with Crippen LogP contribution in [-0.2, 0) is 11.3 Å².